The Kier molecular flexibility index (Phi) is 2.98. The Bertz CT molecular complexity index is 408. The van der Waals surface area contributed by atoms with E-state index in [1.54, 1.807) is 0 Å². The summed E-state index contributed by atoms with van der Waals surface area (Å²) < 4.78 is 0. The SMILES string of the molecule is CC(C)(C)N=C(N)C1(c2ccccc2)CCC1. The molecule has 1 aromatic carbocycles. The average molecular weight is 230 g/mol. The maximum Gasteiger partial charge on any atom is 0.105 e. The summed E-state index contributed by atoms with van der Waals surface area (Å²) in [4.78, 5) is 4.67. The van der Waals surface area contributed by atoms with Crippen molar-refractivity contribution in [3.8, 4) is 0 Å². The highest BCUT2D eigenvalue weighted by atomic mass is 14.9. The van der Waals surface area contributed by atoms with Crippen LogP contribution in [0.5, 0.6) is 0 Å². The molecule has 1 aliphatic rings. The summed E-state index contributed by atoms with van der Waals surface area (Å²) in [7, 11) is 0. The standard InChI is InChI=1S/C15H22N2/c1-14(2,3)17-13(16)15(10-7-11-15)12-8-5-4-6-9-12/h4-6,8-9H,7,10-11H2,1-3H3,(H2,16,17). The normalized spacial score (nSPS) is 19.8. The second-order valence-corrected chi connectivity index (χ2v) is 5.97. The molecule has 2 nitrogen and oxygen atoms in total. The highest BCUT2D eigenvalue weighted by Crippen LogP contribution is 2.44. The quantitative estimate of drug-likeness (QED) is 0.614. The van der Waals surface area contributed by atoms with E-state index in [9.17, 15) is 0 Å². The molecule has 0 radical (unpaired) electrons. The van der Waals surface area contributed by atoms with Crippen LogP contribution in [0.15, 0.2) is 35.3 Å². The molecule has 0 atom stereocenters. The maximum atomic E-state index is 6.28. The highest BCUT2D eigenvalue weighted by molar-refractivity contribution is 5.93. The van der Waals surface area contributed by atoms with Gasteiger partial charge in [0.1, 0.15) is 5.84 Å². The zero-order valence-corrected chi connectivity index (χ0v) is 11.0. The van der Waals surface area contributed by atoms with Crippen molar-refractivity contribution in [3.05, 3.63) is 35.9 Å². The van der Waals surface area contributed by atoms with E-state index in [0.29, 0.717) is 0 Å². The van der Waals surface area contributed by atoms with Gasteiger partial charge in [0.2, 0.25) is 0 Å². The van der Waals surface area contributed by atoms with Crippen LogP contribution in [0.25, 0.3) is 0 Å². The summed E-state index contributed by atoms with van der Waals surface area (Å²) in [6, 6.07) is 10.6. The van der Waals surface area contributed by atoms with Gasteiger partial charge in [-0.05, 0) is 39.2 Å². The minimum atomic E-state index is -0.0958. The van der Waals surface area contributed by atoms with Gasteiger partial charge in [0.25, 0.3) is 0 Å². The van der Waals surface area contributed by atoms with Crippen molar-refractivity contribution >= 4 is 5.84 Å². The fourth-order valence-corrected chi connectivity index (χ4v) is 2.45. The predicted molar refractivity (Wildman–Crippen MR) is 73.3 cm³/mol. The van der Waals surface area contributed by atoms with E-state index in [0.717, 1.165) is 18.7 Å². The molecule has 0 heterocycles. The number of aliphatic imine (C=N–C) groups is 1. The molecule has 17 heavy (non-hydrogen) atoms. The first-order valence-corrected chi connectivity index (χ1v) is 6.35. The average Bonchev–Trinajstić information content (AvgIpc) is 2.14. The summed E-state index contributed by atoms with van der Waals surface area (Å²) >= 11 is 0. The third kappa shape index (κ3) is 2.36. The second kappa shape index (κ2) is 4.17. The lowest BCUT2D eigenvalue weighted by molar-refractivity contribution is 0.334. The monoisotopic (exact) mass is 230 g/mol. The molecule has 0 amide bonds. The first-order valence-electron chi connectivity index (χ1n) is 6.35. The van der Waals surface area contributed by atoms with E-state index >= 15 is 0 Å². The van der Waals surface area contributed by atoms with E-state index in [1.807, 2.05) is 6.07 Å². The highest BCUT2D eigenvalue weighted by Gasteiger charge is 2.42. The van der Waals surface area contributed by atoms with E-state index in [1.165, 1.54) is 12.0 Å². The lowest BCUT2D eigenvalue weighted by Crippen LogP contribution is -2.48. The van der Waals surface area contributed by atoms with Gasteiger partial charge in [-0.15, -0.1) is 0 Å². The molecule has 92 valence electrons. The van der Waals surface area contributed by atoms with Gasteiger partial charge in [-0.1, -0.05) is 36.8 Å². The fraction of sp³-hybridized carbons (Fsp3) is 0.533. The Hall–Kier alpha value is -1.31. The number of rotatable bonds is 2. The number of hydrogen-bond donors (Lipinski definition) is 1. The Balaban J connectivity index is 2.36. The molecule has 1 saturated carbocycles. The van der Waals surface area contributed by atoms with Crippen LogP contribution in [0, 0.1) is 0 Å². The van der Waals surface area contributed by atoms with Crippen molar-refractivity contribution in [1.82, 2.24) is 0 Å². The number of amidine groups is 1. The van der Waals surface area contributed by atoms with Gasteiger partial charge < -0.3 is 5.73 Å². The second-order valence-electron chi connectivity index (χ2n) is 5.97. The first kappa shape index (κ1) is 12.2. The minimum Gasteiger partial charge on any atom is -0.387 e. The fourth-order valence-electron chi connectivity index (χ4n) is 2.45. The molecule has 2 N–H and O–H groups in total. The van der Waals surface area contributed by atoms with Gasteiger partial charge in [0, 0.05) is 0 Å². The molecule has 2 heteroatoms. The Morgan fingerprint density at radius 1 is 1.18 bits per heavy atom. The summed E-state index contributed by atoms with van der Waals surface area (Å²) in [5.41, 5.74) is 7.51. The first-order chi connectivity index (χ1) is 7.94. The number of nitrogens with two attached hydrogens (primary N) is 1. The third-order valence-electron chi connectivity index (χ3n) is 3.48. The molecule has 2 rings (SSSR count). The summed E-state index contributed by atoms with van der Waals surface area (Å²) in [6.45, 7) is 6.28. The molecule has 0 spiro atoms. The van der Waals surface area contributed by atoms with Gasteiger partial charge in [-0.3, -0.25) is 4.99 Å². The van der Waals surface area contributed by atoms with Crippen molar-refractivity contribution in [2.75, 3.05) is 0 Å². The number of nitrogens with zero attached hydrogens (tertiary/aromatic N) is 1. The molecule has 1 aliphatic carbocycles. The molecule has 1 fully saturated rings. The van der Waals surface area contributed by atoms with Gasteiger partial charge >= 0.3 is 0 Å². The molecule has 0 aromatic heterocycles. The molecule has 0 unspecified atom stereocenters. The van der Waals surface area contributed by atoms with Crippen LogP contribution in [0.2, 0.25) is 0 Å². The van der Waals surface area contributed by atoms with Crippen LogP contribution < -0.4 is 5.73 Å². The van der Waals surface area contributed by atoms with Crippen molar-refractivity contribution < 1.29 is 0 Å². The van der Waals surface area contributed by atoms with E-state index in [4.69, 9.17) is 5.73 Å². The third-order valence-corrected chi connectivity index (χ3v) is 3.48. The number of hydrogen-bond acceptors (Lipinski definition) is 1. The zero-order valence-electron chi connectivity index (χ0n) is 11.0. The van der Waals surface area contributed by atoms with Crippen molar-refractivity contribution in [2.45, 2.75) is 51.0 Å². The van der Waals surface area contributed by atoms with Crippen LogP contribution in [0.1, 0.15) is 45.6 Å². The van der Waals surface area contributed by atoms with E-state index < -0.39 is 0 Å². The smallest absolute Gasteiger partial charge is 0.105 e. The predicted octanol–water partition coefficient (Wildman–Crippen LogP) is 3.26. The molecular formula is C15H22N2. The largest absolute Gasteiger partial charge is 0.387 e. The van der Waals surface area contributed by atoms with E-state index in [2.05, 4.69) is 50.0 Å². The molecule has 1 aromatic rings. The van der Waals surface area contributed by atoms with Gasteiger partial charge in [0.05, 0.1) is 11.0 Å². The van der Waals surface area contributed by atoms with Crippen molar-refractivity contribution in [1.29, 1.82) is 0 Å². The van der Waals surface area contributed by atoms with Crippen molar-refractivity contribution in [3.63, 3.8) is 0 Å². The minimum absolute atomic E-state index is 0.00847. The van der Waals surface area contributed by atoms with Crippen molar-refractivity contribution in [2.24, 2.45) is 10.7 Å². The summed E-state index contributed by atoms with van der Waals surface area (Å²) in [5.74, 6) is 0.808. The molecule has 0 bridgehead atoms. The Morgan fingerprint density at radius 3 is 2.18 bits per heavy atom. The molecule has 0 saturated heterocycles. The van der Waals surface area contributed by atoms with E-state index in [-0.39, 0.29) is 11.0 Å². The maximum absolute atomic E-state index is 6.28. The lowest BCUT2D eigenvalue weighted by Gasteiger charge is -2.42. The lowest BCUT2D eigenvalue weighted by atomic mass is 9.63. The van der Waals surface area contributed by atoms with Crippen LogP contribution in [0.4, 0.5) is 0 Å². The van der Waals surface area contributed by atoms with Gasteiger partial charge in [-0.2, -0.15) is 0 Å². The molecule has 0 aliphatic heterocycles. The van der Waals surface area contributed by atoms with Crippen LogP contribution in [-0.2, 0) is 5.41 Å². The number of benzene rings is 1. The van der Waals surface area contributed by atoms with Gasteiger partial charge in [0.15, 0.2) is 0 Å². The Labute approximate surface area is 104 Å². The topological polar surface area (TPSA) is 38.4 Å². The zero-order chi connectivity index (χ0) is 12.5. The Morgan fingerprint density at radius 2 is 1.76 bits per heavy atom. The van der Waals surface area contributed by atoms with Crippen LogP contribution >= 0.6 is 0 Å². The summed E-state index contributed by atoms with van der Waals surface area (Å²) in [5, 5.41) is 0. The van der Waals surface area contributed by atoms with Crippen LogP contribution in [0.3, 0.4) is 0 Å². The summed E-state index contributed by atoms with van der Waals surface area (Å²) in [6.07, 6.45) is 3.50. The van der Waals surface area contributed by atoms with Crippen LogP contribution in [-0.4, -0.2) is 11.4 Å². The van der Waals surface area contributed by atoms with Gasteiger partial charge in [-0.25, -0.2) is 0 Å². The molecular weight excluding hydrogens is 208 g/mol.